The Hall–Kier alpha value is -0.860. The van der Waals surface area contributed by atoms with Gasteiger partial charge in [0.15, 0.2) is 0 Å². The van der Waals surface area contributed by atoms with E-state index in [1.165, 1.54) is 32.2 Å². The van der Waals surface area contributed by atoms with Gasteiger partial charge in [-0.05, 0) is 49.3 Å². The summed E-state index contributed by atoms with van der Waals surface area (Å²) in [5, 5.41) is 0. The molecule has 18 heavy (non-hydrogen) atoms. The summed E-state index contributed by atoms with van der Waals surface area (Å²) in [5.41, 5.74) is 9.12. The first kappa shape index (κ1) is 12.2. The van der Waals surface area contributed by atoms with Gasteiger partial charge in [-0.3, -0.25) is 4.90 Å². The van der Waals surface area contributed by atoms with Gasteiger partial charge >= 0.3 is 0 Å². The van der Waals surface area contributed by atoms with Crippen LogP contribution in [-0.2, 0) is 12.8 Å². The molecular weight excluding hydrogens is 220 g/mol. The lowest BCUT2D eigenvalue weighted by Gasteiger charge is -2.43. The molecule has 0 aromatic heterocycles. The molecule has 2 N–H and O–H groups in total. The van der Waals surface area contributed by atoms with Gasteiger partial charge < -0.3 is 5.73 Å². The molecule has 0 amide bonds. The van der Waals surface area contributed by atoms with E-state index in [1.54, 1.807) is 11.1 Å². The van der Waals surface area contributed by atoms with E-state index in [9.17, 15) is 0 Å². The van der Waals surface area contributed by atoms with Crippen molar-refractivity contribution in [3.63, 3.8) is 0 Å². The molecule has 0 spiro atoms. The molecule has 2 unspecified atom stereocenters. The Kier molecular flexibility index (Phi) is 3.40. The first-order valence-corrected chi connectivity index (χ1v) is 7.32. The van der Waals surface area contributed by atoms with Crippen LogP contribution in [0.4, 0.5) is 0 Å². The van der Waals surface area contributed by atoms with E-state index >= 15 is 0 Å². The summed E-state index contributed by atoms with van der Waals surface area (Å²) >= 11 is 0. The maximum Gasteiger partial charge on any atom is 0.0247 e. The van der Waals surface area contributed by atoms with Crippen molar-refractivity contribution in [1.82, 2.24) is 4.90 Å². The van der Waals surface area contributed by atoms with Crippen LogP contribution in [0, 0.1) is 5.92 Å². The third-order valence-corrected chi connectivity index (χ3v) is 4.90. The van der Waals surface area contributed by atoms with E-state index in [-0.39, 0.29) is 0 Å². The maximum atomic E-state index is 6.02. The number of fused-ring (bicyclic) bond motifs is 1. The Labute approximate surface area is 110 Å². The molecule has 0 bridgehead atoms. The first-order valence-electron chi connectivity index (χ1n) is 7.32. The summed E-state index contributed by atoms with van der Waals surface area (Å²) in [6.07, 6.45) is 5.13. The molecule has 1 aromatic rings. The molecule has 1 aromatic carbocycles. The van der Waals surface area contributed by atoms with Crippen LogP contribution < -0.4 is 5.73 Å². The van der Waals surface area contributed by atoms with Crippen LogP contribution in [0.2, 0.25) is 0 Å². The molecule has 1 saturated heterocycles. The second-order valence-electron chi connectivity index (χ2n) is 5.99. The number of piperidine rings is 1. The van der Waals surface area contributed by atoms with Crippen LogP contribution in [0.25, 0.3) is 0 Å². The molecule has 2 aliphatic rings. The molecule has 0 radical (unpaired) electrons. The summed E-state index contributed by atoms with van der Waals surface area (Å²) in [6.45, 7) is 4.42. The van der Waals surface area contributed by atoms with Gasteiger partial charge in [0.2, 0.25) is 0 Å². The van der Waals surface area contributed by atoms with Gasteiger partial charge in [-0.25, -0.2) is 0 Å². The highest BCUT2D eigenvalue weighted by molar-refractivity contribution is 5.33. The third-order valence-electron chi connectivity index (χ3n) is 4.90. The topological polar surface area (TPSA) is 29.3 Å². The van der Waals surface area contributed by atoms with Gasteiger partial charge in [0, 0.05) is 18.6 Å². The molecule has 2 nitrogen and oxygen atoms in total. The Balaban J connectivity index is 1.76. The zero-order valence-corrected chi connectivity index (χ0v) is 11.3. The SMILES string of the molecule is CC1CCCN(C2Cc3ccccc3C2)C1CN. The van der Waals surface area contributed by atoms with Gasteiger partial charge in [0.05, 0.1) is 0 Å². The minimum absolute atomic E-state index is 0.595. The number of likely N-dealkylation sites (tertiary alicyclic amines) is 1. The van der Waals surface area contributed by atoms with Gasteiger partial charge in [0.25, 0.3) is 0 Å². The largest absolute Gasteiger partial charge is 0.329 e. The second kappa shape index (κ2) is 5.02. The van der Waals surface area contributed by atoms with Crippen LogP contribution in [-0.4, -0.2) is 30.1 Å². The average molecular weight is 244 g/mol. The van der Waals surface area contributed by atoms with Crippen LogP contribution in [0.15, 0.2) is 24.3 Å². The van der Waals surface area contributed by atoms with Crippen molar-refractivity contribution >= 4 is 0 Å². The van der Waals surface area contributed by atoms with Gasteiger partial charge in [-0.2, -0.15) is 0 Å². The Morgan fingerprint density at radius 2 is 1.89 bits per heavy atom. The molecule has 3 rings (SSSR count). The highest BCUT2D eigenvalue weighted by Gasteiger charge is 2.35. The first-order chi connectivity index (χ1) is 8.79. The van der Waals surface area contributed by atoms with E-state index in [1.807, 2.05) is 0 Å². The quantitative estimate of drug-likeness (QED) is 0.864. The average Bonchev–Trinajstić information content (AvgIpc) is 2.82. The second-order valence-corrected chi connectivity index (χ2v) is 5.99. The molecule has 1 aliphatic heterocycles. The van der Waals surface area contributed by atoms with E-state index < -0.39 is 0 Å². The number of rotatable bonds is 2. The van der Waals surface area contributed by atoms with Crippen molar-refractivity contribution in [3.8, 4) is 0 Å². The number of nitrogens with zero attached hydrogens (tertiary/aromatic N) is 1. The van der Waals surface area contributed by atoms with E-state index in [2.05, 4.69) is 36.1 Å². The van der Waals surface area contributed by atoms with Crippen LogP contribution in [0.1, 0.15) is 30.9 Å². The summed E-state index contributed by atoms with van der Waals surface area (Å²) in [7, 11) is 0. The summed E-state index contributed by atoms with van der Waals surface area (Å²) < 4.78 is 0. The Morgan fingerprint density at radius 1 is 1.22 bits per heavy atom. The number of benzene rings is 1. The fraction of sp³-hybridized carbons (Fsp3) is 0.625. The van der Waals surface area contributed by atoms with Crippen molar-refractivity contribution in [2.75, 3.05) is 13.1 Å². The number of nitrogens with two attached hydrogens (primary N) is 1. The number of hydrogen-bond acceptors (Lipinski definition) is 2. The summed E-state index contributed by atoms with van der Waals surface area (Å²) in [5.74, 6) is 0.757. The maximum absolute atomic E-state index is 6.02. The zero-order chi connectivity index (χ0) is 12.5. The molecular formula is C16H24N2. The minimum atomic E-state index is 0.595. The molecule has 1 aliphatic carbocycles. The van der Waals surface area contributed by atoms with Crippen molar-refractivity contribution in [2.24, 2.45) is 11.7 Å². The summed E-state index contributed by atoms with van der Waals surface area (Å²) in [6, 6.07) is 10.2. The van der Waals surface area contributed by atoms with Crippen LogP contribution in [0.3, 0.4) is 0 Å². The molecule has 2 heteroatoms. The van der Waals surface area contributed by atoms with E-state index in [4.69, 9.17) is 5.73 Å². The predicted molar refractivity (Wildman–Crippen MR) is 75.6 cm³/mol. The van der Waals surface area contributed by atoms with Gasteiger partial charge in [0.1, 0.15) is 0 Å². The van der Waals surface area contributed by atoms with Gasteiger partial charge in [-0.1, -0.05) is 31.2 Å². The minimum Gasteiger partial charge on any atom is -0.329 e. The molecule has 0 saturated carbocycles. The van der Waals surface area contributed by atoms with Crippen molar-refractivity contribution < 1.29 is 0 Å². The third kappa shape index (κ3) is 2.08. The fourth-order valence-corrected chi connectivity index (χ4v) is 3.87. The van der Waals surface area contributed by atoms with E-state index in [0.717, 1.165) is 12.5 Å². The lowest BCUT2D eigenvalue weighted by molar-refractivity contribution is 0.0659. The summed E-state index contributed by atoms with van der Waals surface area (Å²) in [4.78, 5) is 2.70. The standard InChI is InChI=1S/C16H24N2/c1-12-5-4-8-18(16(12)11-17)15-9-13-6-2-3-7-14(13)10-15/h2-3,6-7,12,15-16H,4-5,8-11,17H2,1H3. The Bertz CT molecular complexity index is 390. The lowest BCUT2D eigenvalue weighted by Crippen LogP contribution is -2.53. The van der Waals surface area contributed by atoms with Crippen molar-refractivity contribution in [1.29, 1.82) is 0 Å². The monoisotopic (exact) mass is 244 g/mol. The molecule has 2 atom stereocenters. The predicted octanol–water partition coefficient (Wildman–Crippen LogP) is 2.21. The molecule has 1 heterocycles. The highest BCUT2D eigenvalue weighted by Crippen LogP contribution is 2.31. The molecule has 98 valence electrons. The normalized spacial score (nSPS) is 29.4. The van der Waals surface area contributed by atoms with Crippen LogP contribution >= 0.6 is 0 Å². The Morgan fingerprint density at radius 3 is 2.50 bits per heavy atom. The fourth-order valence-electron chi connectivity index (χ4n) is 3.87. The van der Waals surface area contributed by atoms with Crippen molar-refractivity contribution in [2.45, 2.75) is 44.7 Å². The van der Waals surface area contributed by atoms with Gasteiger partial charge in [-0.15, -0.1) is 0 Å². The van der Waals surface area contributed by atoms with E-state index in [0.29, 0.717) is 12.1 Å². The molecule has 1 fully saturated rings. The highest BCUT2D eigenvalue weighted by atomic mass is 15.2. The van der Waals surface area contributed by atoms with Crippen molar-refractivity contribution in [3.05, 3.63) is 35.4 Å². The zero-order valence-electron chi connectivity index (χ0n) is 11.3. The smallest absolute Gasteiger partial charge is 0.0247 e. The number of hydrogen-bond donors (Lipinski definition) is 1. The lowest BCUT2D eigenvalue weighted by atomic mass is 9.89. The van der Waals surface area contributed by atoms with Crippen LogP contribution in [0.5, 0.6) is 0 Å².